The van der Waals surface area contributed by atoms with Gasteiger partial charge in [0.25, 0.3) is 0 Å². The van der Waals surface area contributed by atoms with Gasteiger partial charge >= 0.3 is 0 Å². The van der Waals surface area contributed by atoms with Crippen LogP contribution in [0.25, 0.3) is 0 Å². The fourth-order valence-electron chi connectivity index (χ4n) is 3.54. The van der Waals surface area contributed by atoms with Crippen LogP contribution in [0.1, 0.15) is 31.2 Å². The SMILES string of the molecule is CN(CC1CNc2ccccc2C1)C1CCCC1. The van der Waals surface area contributed by atoms with E-state index in [4.69, 9.17) is 0 Å². The van der Waals surface area contributed by atoms with Crippen LogP contribution < -0.4 is 5.32 Å². The molecule has 18 heavy (non-hydrogen) atoms. The highest BCUT2D eigenvalue weighted by Gasteiger charge is 2.24. The minimum atomic E-state index is 0.769. The Hall–Kier alpha value is -1.02. The number of para-hydroxylation sites is 1. The first-order valence-corrected chi connectivity index (χ1v) is 7.35. The van der Waals surface area contributed by atoms with E-state index in [2.05, 4.69) is 41.5 Å². The molecule has 0 radical (unpaired) electrons. The fraction of sp³-hybridized carbons (Fsp3) is 0.625. The van der Waals surface area contributed by atoms with Crippen molar-refractivity contribution >= 4 is 5.69 Å². The Labute approximate surface area is 110 Å². The minimum absolute atomic E-state index is 0.769. The first-order chi connectivity index (χ1) is 8.83. The van der Waals surface area contributed by atoms with E-state index in [-0.39, 0.29) is 0 Å². The van der Waals surface area contributed by atoms with Gasteiger partial charge in [0.15, 0.2) is 0 Å². The lowest BCUT2D eigenvalue weighted by molar-refractivity contribution is 0.210. The number of rotatable bonds is 3. The first-order valence-electron chi connectivity index (χ1n) is 7.35. The maximum absolute atomic E-state index is 3.58. The molecule has 2 aliphatic rings. The lowest BCUT2D eigenvalue weighted by atomic mass is 9.93. The molecule has 1 fully saturated rings. The van der Waals surface area contributed by atoms with Gasteiger partial charge in [-0.05, 0) is 43.9 Å². The number of fused-ring (bicyclic) bond motifs is 1. The highest BCUT2D eigenvalue weighted by molar-refractivity contribution is 5.53. The molecule has 1 atom stereocenters. The summed E-state index contributed by atoms with van der Waals surface area (Å²) in [5.74, 6) is 0.769. The molecule has 0 saturated heterocycles. The number of benzene rings is 1. The van der Waals surface area contributed by atoms with Gasteiger partial charge in [0.2, 0.25) is 0 Å². The number of anilines is 1. The monoisotopic (exact) mass is 244 g/mol. The Morgan fingerprint density at radius 1 is 1.22 bits per heavy atom. The van der Waals surface area contributed by atoms with Gasteiger partial charge in [0.1, 0.15) is 0 Å². The molecule has 1 aromatic rings. The Morgan fingerprint density at radius 2 is 2.00 bits per heavy atom. The Balaban J connectivity index is 1.59. The van der Waals surface area contributed by atoms with E-state index in [0.717, 1.165) is 18.5 Å². The molecule has 3 rings (SSSR count). The molecule has 0 bridgehead atoms. The molecular weight excluding hydrogens is 220 g/mol. The molecule has 0 amide bonds. The van der Waals surface area contributed by atoms with Crippen molar-refractivity contribution in [3.8, 4) is 0 Å². The molecule has 1 saturated carbocycles. The summed E-state index contributed by atoms with van der Waals surface area (Å²) in [7, 11) is 2.32. The average molecular weight is 244 g/mol. The van der Waals surface area contributed by atoms with Gasteiger partial charge in [0.05, 0.1) is 0 Å². The maximum Gasteiger partial charge on any atom is 0.0372 e. The van der Waals surface area contributed by atoms with Gasteiger partial charge in [-0.3, -0.25) is 0 Å². The van der Waals surface area contributed by atoms with Crippen molar-refractivity contribution in [1.82, 2.24) is 4.90 Å². The predicted molar refractivity (Wildman–Crippen MR) is 77.0 cm³/mol. The molecule has 98 valence electrons. The molecule has 1 aromatic carbocycles. The maximum atomic E-state index is 3.58. The molecule has 1 unspecified atom stereocenters. The zero-order chi connectivity index (χ0) is 12.4. The van der Waals surface area contributed by atoms with E-state index in [0.29, 0.717) is 0 Å². The van der Waals surface area contributed by atoms with Crippen molar-refractivity contribution in [1.29, 1.82) is 0 Å². The molecule has 1 aliphatic carbocycles. The Morgan fingerprint density at radius 3 is 2.83 bits per heavy atom. The molecule has 0 aromatic heterocycles. The molecule has 0 spiro atoms. The van der Waals surface area contributed by atoms with Gasteiger partial charge < -0.3 is 10.2 Å². The zero-order valence-electron chi connectivity index (χ0n) is 11.4. The number of nitrogens with zero attached hydrogens (tertiary/aromatic N) is 1. The Bertz CT molecular complexity index is 396. The van der Waals surface area contributed by atoms with Crippen molar-refractivity contribution in [2.45, 2.75) is 38.1 Å². The van der Waals surface area contributed by atoms with Gasteiger partial charge in [-0.15, -0.1) is 0 Å². The van der Waals surface area contributed by atoms with Gasteiger partial charge in [-0.25, -0.2) is 0 Å². The Kier molecular flexibility index (Phi) is 3.55. The summed E-state index contributed by atoms with van der Waals surface area (Å²) in [5, 5.41) is 3.58. The quantitative estimate of drug-likeness (QED) is 0.878. The molecule has 1 aliphatic heterocycles. The van der Waals surface area contributed by atoms with Crippen LogP contribution in [0, 0.1) is 5.92 Å². The standard InChI is InChI=1S/C16H24N2/c1-18(15-7-3-4-8-15)12-13-10-14-6-2-5-9-16(14)17-11-13/h2,5-6,9,13,15,17H,3-4,7-8,10-12H2,1H3. The summed E-state index contributed by atoms with van der Waals surface area (Å²) >= 11 is 0. The van der Waals surface area contributed by atoms with Crippen LogP contribution in [-0.2, 0) is 6.42 Å². The summed E-state index contributed by atoms with van der Waals surface area (Å²) in [6.45, 7) is 2.38. The van der Waals surface area contributed by atoms with Crippen LogP contribution in [0.2, 0.25) is 0 Å². The topological polar surface area (TPSA) is 15.3 Å². The molecule has 2 nitrogen and oxygen atoms in total. The predicted octanol–water partition coefficient (Wildman–Crippen LogP) is 3.15. The van der Waals surface area contributed by atoms with Gasteiger partial charge in [0, 0.05) is 24.8 Å². The average Bonchev–Trinajstić information content (AvgIpc) is 2.92. The highest BCUT2D eigenvalue weighted by Crippen LogP contribution is 2.27. The summed E-state index contributed by atoms with van der Waals surface area (Å²) < 4.78 is 0. The second-order valence-electron chi connectivity index (χ2n) is 5.99. The van der Waals surface area contributed by atoms with E-state index < -0.39 is 0 Å². The van der Waals surface area contributed by atoms with E-state index in [1.54, 1.807) is 0 Å². The largest absolute Gasteiger partial charge is 0.384 e. The number of hydrogen-bond donors (Lipinski definition) is 1. The number of hydrogen-bond acceptors (Lipinski definition) is 2. The summed E-state index contributed by atoms with van der Waals surface area (Å²) in [6.07, 6.45) is 6.92. The van der Waals surface area contributed by atoms with Crippen LogP contribution in [0.4, 0.5) is 5.69 Å². The molecule has 2 heteroatoms. The van der Waals surface area contributed by atoms with Crippen LogP contribution in [-0.4, -0.2) is 31.1 Å². The van der Waals surface area contributed by atoms with Crippen molar-refractivity contribution in [2.24, 2.45) is 5.92 Å². The van der Waals surface area contributed by atoms with E-state index in [9.17, 15) is 0 Å². The third-order valence-corrected chi connectivity index (χ3v) is 4.60. The first kappa shape index (κ1) is 12.0. The highest BCUT2D eigenvalue weighted by atomic mass is 15.1. The fourth-order valence-corrected chi connectivity index (χ4v) is 3.54. The lowest BCUT2D eigenvalue weighted by Gasteiger charge is -2.32. The third-order valence-electron chi connectivity index (χ3n) is 4.60. The van der Waals surface area contributed by atoms with Gasteiger partial charge in [-0.2, -0.15) is 0 Å². The smallest absolute Gasteiger partial charge is 0.0372 e. The second kappa shape index (κ2) is 5.31. The molecular formula is C16H24N2. The van der Waals surface area contributed by atoms with Crippen molar-refractivity contribution < 1.29 is 0 Å². The van der Waals surface area contributed by atoms with Crippen LogP contribution in [0.5, 0.6) is 0 Å². The lowest BCUT2D eigenvalue weighted by Crippen LogP contribution is -2.38. The molecule has 1 N–H and O–H groups in total. The van der Waals surface area contributed by atoms with E-state index in [1.165, 1.54) is 49.9 Å². The van der Waals surface area contributed by atoms with Crippen LogP contribution in [0.3, 0.4) is 0 Å². The normalized spacial score (nSPS) is 24.0. The molecule has 1 heterocycles. The third kappa shape index (κ3) is 2.54. The van der Waals surface area contributed by atoms with E-state index >= 15 is 0 Å². The van der Waals surface area contributed by atoms with Crippen molar-refractivity contribution in [2.75, 3.05) is 25.5 Å². The minimum Gasteiger partial charge on any atom is -0.384 e. The summed E-state index contributed by atoms with van der Waals surface area (Å²) in [5.41, 5.74) is 2.84. The van der Waals surface area contributed by atoms with Crippen molar-refractivity contribution in [3.05, 3.63) is 29.8 Å². The summed E-state index contributed by atoms with van der Waals surface area (Å²) in [6, 6.07) is 9.60. The number of nitrogens with one attached hydrogen (secondary N) is 1. The van der Waals surface area contributed by atoms with E-state index in [1.807, 2.05) is 0 Å². The van der Waals surface area contributed by atoms with Crippen molar-refractivity contribution in [3.63, 3.8) is 0 Å². The van der Waals surface area contributed by atoms with Crippen LogP contribution >= 0.6 is 0 Å². The zero-order valence-corrected chi connectivity index (χ0v) is 11.4. The van der Waals surface area contributed by atoms with Crippen LogP contribution in [0.15, 0.2) is 24.3 Å². The van der Waals surface area contributed by atoms with Gasteiger partial charge in [-0.1, -0.05) is 31.0 Å². The summed E-state index contributed by atoms with van der Waals surface area (Å²) in [4.78, 5) is 2.60. The second-order valence-corrected chi connectivity index (χ2v) is 5.99.